The van der Waals surface area contributed by atoms with Gasteiger partial charge in [-0.2, -0.15) is 0 Å². The zero-order valence-corrected chi connectivity index (χ0v) is 10.7. The summed E-state index contributed by atoms with van der Waals surface area (Å²) >= 11 is 3.51. The van der Waals surface area contributed by atoms with Crippen LogP contribution in [0.5, 0.6) is 0 Å². The molecule has 3 radical (unpaired) electrons. The van der Waals surface area contributed by atoms with Crippen LogP contribution in [0.3, 0.4) is 0 Å². The smallest absolute Gasteiger partial charge is 0.230 e. The molecule has 0 unspecified atom stereocenters. The van der Waals surface area contributed by atoms with Crippen molar-refractivity contribution in [2.24, 2.45) is 0 Å². The molecule has 1 aromatic rings. The molecule has 0 aliphatic heterocycles. The SMILES string of the molecule is C[Si](C)(O[Si])c1ccccc1Br. The lowest BCUT2D eigenvalue weighted by atomic mass is 10.4. The summed E-state index contributed by atoms with van der Waals surface area (Å²) in [4.78, 5) is 0. The second-order valence-corrected chi connectivity index (χ2v) is 8.32. The quantitative estimate of drug-likeness (QED) is 0.737. The summed E-state index contributed by atoms with van der Waals surface area (Å²) in [5, 5.41) is 1.26. The molecule has 0 fully saturated rings. The number of halogens is 1. The number of rotatable bonds is 2. The van der Waals surface area contributed by atoms with Crippen LogP contribution >= 0.6 is 15.9 Å². The highest BCUT2D eigenvalue weighted by atomic mass is 79.9. The Hall–Kier alpha value is 0.0938. The van der Waals surface area contributed by atoms with Crippen LogP contribution in [0.1, 0.15) is 0 Å². The van der Waals surface area contributed by atoms with E-state index >= 15 is 0 Å². The van der Waals surface area contributed by atoms with Crippen molar-refractivity contribution in [1.29, 1.82) is 0 Å². The normalized spacial score (nSPS) is 11.7. The maximum Gasteiger partial charge on any atom is 0.230 e. The van der Waals surface area contributed by atoms with Gasteiger partial charge < -0.3 is 4.12 Å². The van der Waals surface area contributed by atoms with Gasteiger partial charge in [-0.3, -0.25) is 0 Å². The Balaban J connectivity index is 3.10. The molecular formula is C8H10BrOSi2. The van der Waals surface area contributed by atoms with Crippen LogP contribution in [0, 0.1) is 0 Å². The second-order valence-electron chi connectivity index (χ2n) is 3.09. The van der Waals surface area contributed by atoms with Gasteiger partial charge >= 0.3 is 0 Å². The third kappa shape index (κ3) is 2.07. The van der Waals surface area contributed by atoms with Crippen LogP contribution in [-0.4, -0.2) is 18.8 Å². The maximum absolute atomic E-state index is 5.32. The van der Waals surface area contributed by atoms with Crippen molar-refractivity contribution in [1.82, 2.24) is 0 Å². The average molecular weight is 258 g/mol. The minimum absolute atomic E-state index is 1.12. The highest BCUT2D eigenvalue weighted by Crippen LogP contribution is 2.12. The van der Waals surface area contributed by atoms with E-state index in [9.17, 15) is 0 Å². The van der Waals surface area contributed by atoms with E-state index in [1.807, 2.05) is 18.2 Å². The van der Waals surface area contributed by atoms with Gasteiger partial charge in [0, 0.05) is 4.47 Å². The molecule has 1 rings (SSSR count). The molecular weight excluding hydrogens is 248 g/mol. The van der Waals surface area contributed by atoms with Crippen molar-refractivity contribution in [2.45, 2.75) is 13.1 Å². The van der Waals surface area contributed by atoms with Crippen molar-refractivity contribution < 1.29 is 4.12 Å². The molecule has 0 N–H and O–H groups in total. The molecule has 0 aliphatic rings. The van der Waals surface area contributed by atoms with Gasteiger partial charge in [-0.15, -0.1) is 0 Å². The minimum atomic E-state index is -1.73. The van der Waals surface area contributed by atoms with Gasteiger partial charge in [0.15, 0.2) is 0 Å². The second kappa shape index (κ2) is 3.87. The number of hydrogen-bond donors (Lipinski definition) is 0. The first-order valence-corrected chi connectivity index (χ1v) is 7.78. The summed E-state index contributed by atoms with van der Waals surface area (Å²) in [6, 6.07) is 8.16. The van der Waals surface area contributed by atoms with Crippen molar-refractivity contribution in [3.05, 3.63) is 28.7 Å². The Bertz CT molecular complexity index is 276. The fourth-order valence-corrected chi connectivity index (χ4v) is 4.32. The first-order chi connectivity index (χ1) is 5.58. The van der Waals surface area contributed by atoms with E-state index in [4.69, 9.17) is 4.12 Å². The van der Waals surface area contributed by atoms with Crippen LogP contribution in [0.4, 0.5) is 0 Å². The van der Waals surface area contributed by atoms with Crippen LogP contribution in [0.2, 0.25) is 13.1 Å². The molecule has 4 heteroatoms. The van der Waals surface area contributed by atoms with Gasteiger partial charge in [0.05, 0.1) is 0 Å². The highest BCUT2D eigenvalue weighted by Gasteiger charge is 2.24. The molecule has 12 heavy (non-hydrogen) atoms. The molecule has 0 aromatic heterocycles. The van der Waals surface area contributed by atoms with Gasteiger partial charge in [0.25, 0.3) is 0 Å². The maximum atomic E-state index is 5.32. The Morgan fingerprint density at radius 1 is 1.33 bits per heavy atom. The van der Waals surface area contributed by atoms with Gasteiger partial charge in [0.2, 0.25) is 18.8 Å². The zero-order valence-electron chi connectivity index (χ0n) is 7.10. The summed E-state index contributed by atoms with van der Waals surface area (Å²) < 4.78 is 6.44. The molecule has 0 aliphatic carbocycles. The van der Waals surface area contributed by atoms with E-state index in [1.54, 1.807) is 0 Å². The van der Waals surface area contributed by atoms with Crippen LogP contribution in [0.15, 0.2) is 28.7 Å². The van der Waals surface area contributed by atoms with E-state index in [2.05, 4.69) is 45.6 Å². The van der Waals surface area contributed by atoms with Crippen molar-refractivity contribution in [3.8, 4) is 0 Å². The Morgan fingerprint density at radius 3 is 2.42 bits per heavy atom. The fraction of sp³-hybridized carbons (Fsp3) is 0.250. The topological polar surface area (TPSA) is 9.23 Å². The van der Waals surface area contributed by atoms with Gasteiger partial charge in [0.1, 0.15) is 0 Å². The third-order valence-electron chi connectivity index (χ3n) is 1.78. The van der Waals surface area contributed by atoms with Crippen molar-refractivity contribution in [2.75, 3.05) is 0 Å². The molecule has 0 saturated carbocycles. The Morgan fingerprint density at radius 2 is 1.92 bits per heavy atom. The largest absolute Gasteiger partial charge is 0.454 e. The monoisotopic (exact) mass is 257 g/mol. The summed E-state index contributed by atoms with van der Waals surface area (Å²) in [7, 11) is 1.40. The van der Waals surface area contributed by atoms with E-state index in [0.717, 1.165) is 4.47 Å². The molecule has 1 aromatic carbocycles. The van der Waals surface area contributed by atoms with Crippen molar-refractivity contribution >= 4 is 39.9 Å². The third-order valence-corrected chi connectivity index (χ3v) is 6.61. The van der Waals surface area contributed by atoms with Gasteiger partial charge in [-0.25, -0.2) is 0 Å². The molecule has 0 atom stereocenters. The summed E-state index contributed by atoms with van der Waals surface area (Å²) in [5.41, 5.74) is 0. The van der Waals surface area contributed by atoms with E-state index in [0.29, 0.717) is 0 Å². The Labute approximate surface area is 85.9 Å². The average Bonchev–Trinajstić information content (AvgIpc) is 2.05. The highest BCUT2D eigenvalue weighted by molar-refractivity contribution is 9.10. The molecule has 0 amide bonds. The Kier molecular flexibility index (Phi) is 3.28. The van der Waals surface area contributed by atoms with Gasteiger partial charge in [-0.05, 0) is 24.3 Å². The predicted molar refractivity (Wildman–Crippen MR) is 58.1 cm³/mol. The van der Waals surface area contributed by atoms with E-state index < -0.39 is 8.32 Å². The molecule has 0 bridgehead atoms. The standard InChI is InChI=1S/C8H10BrOSi2/c1-12(2,10-11)8-6-4-3-5-7(8)9/h3-6H,1-2H3. The summed E-state index contributed by atoms with van der Waals surface area (Å²) in [6.07, 6.45) is 0. The van der Waals surface area contributed by atoms with Crippen LogP contribution < -0.4 is 5.19 Å². The first-order valence-electron chi connectivity index (χ1n) is 3.67. The number of benzene rings is 1. The first kappa shape index (κ1) is 10.2. The van der Waals surface area contributed by atoms with Gasteiger partial charge in [-0.1, -0.05) is 34.1 Å². The lowest BCUT2D eigenvalue weighted by Gasteiger charge is -2.21. The van der Waals surface area contributed by atoms with E-state index in [1.165, 1.54) is 5.19 Å². The number of hydrogen-bond acceptors (Lipinski definition) is 1. The van der Waals surface area contributed by atoms with Crippen LogP contribution in [-0.2, 0) is 4.12 Å². The fourth-order valence-electron chi connectivity index (χ4n) is 1.00. The molecule has 1 nitrogen and oxygen atoms in total. The lowest BCUT2D eigenvalue weighted by Crippen LogP contribution is -2.44. The lowest BCUT2D eigenvalue weighted by molar-refractivity contribution is 0.628. The summed E-state index contributed by atoms with van der Waals surface area (Å²) in [5.74, 6) is 0. The predicted octanol–water partition coefficient (Wildman–Crippen LogP) is 1.96. The summed E-state index contributed by atoms with van der Waals surface area (Å²) in [6.45, 7) is 4.28. The minimum Gasteiger partial charge on any atom is -0.454 e. The van der Waals surface area contributed by atoms with Crippen molar-refractivity contribution in [3.63, 3.8) is 0 Å². The molecule has 0 spiro atoms. The molecule has 63 valence electrons. The molecule has 0 saturated heterocycles. The molecule has 0 heterocycles. The van der Waals surface area contributed by atoms with E-state index in [-0.39, 0.29) is 0 Å². The van der Waals surface area contributed by atoms with Crippen LogP contribution in [0.25, 0.3) is 0 Å². The zero-order chi connectivity index (χ0) is 9.19.